The van der Waals surface area contributed by atoms with Crippen LogP contribution in [0.25, 0.3) is 0 Å². The Morgan fingerprint density at radius 2 is 1.60 bits per heavy atom. The van der Waals surface area contributed by atoms with E-state index in [-0.39, 0.29) is 47.6 Å². The lowest BCUT2D eigenvalue weighted by Crippen LogP contribution is -2.54. The Morgan fingerprint density at radius 1 is 0.867 bits per heavy atom. The van der Waals surface area contributed by atoms with E-state index in [1.54, 1.807) is 18.2 Å². The molecule has 1 aliphatic carbocycles. The first-order chi connectivity index (χ1) is 28.8. The van der Waals surface area contributed by atoms with E-state index in [0.717, 1.165) is 87.3 Å². The topological polar surface area (TPSA) is 194 Å². The number of alkyl halides is 3. The van der Waals surface area contributed by atoms with Crippen LogP contribution < -0.4 is 25.2 Å². The molecule has 2 aromatic heterocycles. The highest BCUT2D eigenvalue weighted by Gasteiger charge is 2.45. The van der Waals surface area contributed by atoms with Crippen LogP contribution in [0.2, 0.25) is 0 Å². The number of benzene rings is 1. The number of hydrogen-bond acceptors (Lipinski definition) is 13. The molecule has 4 fully saturated rings. The van der Waals surface area contributed by atoms with E-state index < -0.39 is 47.1 Å². The highest BCUT2D eigenvalue weighted by Crippen LogP contribution is 2.36. The molecule has 0 radical (unpaired) electrons. The van der Waals surface area contributed by atoms with Crippen molar-refractivity contribution in [3.05, 3.63) is 65.0 Å². The molecule has 1 aromatic carbocycles. The summed E-state index contributed by atoms with van der Waals surface area (Å²) < 4.78 is 45.7. The fourth-order valence-electron chi connectivity index (χ4n) is 8.79. The van der Waals surface area contributed by atoms with Gasteiger partial charge in [0.2, 0.25) is 17.7 Å². The van der Waals surface area contributed by atoms with Crippen LogP contribution in [0.5, 0.6) is 5.75 Å². The number of fused-ring (bicyclic) bond motifs is 1. The van der Waals surface area contributed by atoms with E-state index in [9.17, 15) is 37.1 Å². The number of ether oxygens (including phenoxy) is 1. The smallest absolute Gasteiger partial charge is 0.419 e. The number of imide groups is 2. The van der Waals surface area contributed by atoms with E-state index in [1.807, 2.05) is 12.1 Å². The van der Waals surface area contributed by atoms with Crippen LogP contribution in [0.1, 0.15) is 83.3 Å². The molecule has 19 heteroatoms. The van der Waals surface area contributed by atoms with Gasteiger partial charge in [-0.3, -0.25) is 39.1 Å². The second-order valence-electron chi connectivity index (χ2n) is 15.9. The van der Waals surface area contributed by atoms with Gasteiger partial charge in [-0.25, -0.2) is 4.98 Å². The zero-order chi connectivity index (χ0) is 42.1. The van der Waals surface area contributed by atoms with Gasteiger partial charge in [0.1, 0.15) is 17.9 Å². The third-order valence-electron chi connectivity index (χ3n) is 12.1. The predicted octanol–water partition coefficient (Wildman–Crippen LogP) is 3.78. The van der Waals surface area contributed by atoms with E-state index in [0.29, 0.717) is 37.4 Å². The quantitative estimate of drug-likeness (QED) is 0.297. The van der Waals surface area contributed by atoms with E-state index in [4.69, 9.17) is 10.00 Å². The molecule has 16 nitrogen and oxygen atoms in total. The minimum absolute atomic E-state index is 0.0670. The number of carbonyl (C=O) groups is 5. The van der Waals surface area contributed by atoms with Crippen molar-refractivity contribution in [1.29, 1.82) is 5.26 Å². The second-order valence-corrected chi connectivity index (χ2v) is 15.9. The molecule has 60 heavy (non-hydrogen) atoms. The van der Waals surface area contributed by atoms with Gasteiger partial charge in [-0.1, -0.05) is 0 Å². The van der Waals surface area contributed by atoms with Crippen molar-refractivity contribution >= 4 is 46.9 Å². The van der Waals surface area contributed by atoms with Gasteiger partial charge in [0.05, 0.1) is 29.0 Å². The monoisotopic (exact) mass is 828 g/mol. The summed E-state index contributed by atoms with van der Waals surface area (Å²) >= 11 is 0. The lowest BCUT2D eigenvalue weighted by Gasteiger charge is -2.39. The summed E-state index contributed by atoms with van der Waals surface area (Å²) in [6, 6.07) is 10.1. The lowest BCUT2D eigenvalue weighted by molar-refractivity contribution is -0.138. The molecule has 3 saturated heterocycles. The highest BCUT2D eigenvalue weighted by atomic mass is 19.4. The Bertz CT molecular complexity index is 2210. The van der Waals surface area contributed by atoms with Gasteiger partial charge < -0.3 is 19.9 Å². The van der Waals surface area contributed by atoms with Crippen molar-refractivity contribution in [2.75, 3.05) is 60.9 Å². The average molecular weight is 829 g/mol. The Balaban J connectivity index is 0.751. The molecule has 5 aliphatic rings. The second kappa shape index (κ2) is 16.8. The van der Waals surface area contributed by atoms with Crippen LogP contribution in [0, 0.1) is 23.2 Å². The van der Waals surface area contributed by atoms with Gasteiger partial charge in [0, 0.05) is 63.8 Å². The average Bonchev–Trinajstić information content (AvgIpc) is 3.49. The van der Waals surface area contributed by atoms with E-state index in [1.165, 1.54) is 6.07 Å². The van der Waals surface area contributed by atoms with Crippen LogP contribution in [-0.2, 0) is 20.6 Å². The zero-order valence-corrected chi connectivity index (χ0v) is 32.6. The summed E-state index contributed by atoms with van der Waals surface area (Å²) in [6.07, 6.45) is 0.0644. The number of nitriles is 1. The van der Waals surface area contributed by atoms with Crippen molar-refractivity contribution < 1.29 is 41.9 Å². The number of carbonyl (C=O) groups excluding carboxylic acids is 5. The number of pyridine rings is 1. The number of nitrogens with one attached hydrogen (secondary N) is 2. The number of hydrogen-bond donors (Lipinski definition) is 2. The number of anilines is 3. The third-order valence-corrected chi connectivity index (χ3v) is 12.1. The van der Waals surface area contributed by atoms with Gasteiger partial charge in [0.15, 0.2) is 17.3 Å². The molecule has 0 spiro atoms. The number of halogens is 3. The first-order valence-electron chi connectivity index (χ1n) is 20.2. The van der Waals surface area contributed by atoms with Crippen LogP contribution in [0.4, 0.5) is 30.5 Å². The standard InChI is InChI=1S/C41H43F3N10O6/c42-41(43,44)31-20-28(22-46-32(31)21-45)60-27-4-1-25(2-5-27)37(56)47-34-8-9-35(50-49-34)53-13-11-24(12-14-53)23-51-15-17-52(18-16-51)26-3-6-29-30(19-26)40(59)54(39(29)58)33-7-10-36(55)48-38(33)57/h3,6,8-9,19-20,22,24-25,27,33H,1-2,4-5,7,10-18,23H2,(H,47,49,56)(H,48,55,57)/t25-,27-,33?. The molecule has 1 atom stereocenters. The lowest BCUT2D eigenvalue weighted by atomic mass is 9.86. The summed E-state index contributed by atoms with van der Waals surface area (Å²) in [5.41, 5.74) is -0.455. The summed E-state index contributed by atoms with van der Waals surface area (Å²) in [4.78, 5) is 74.9. The van der Waals surface area contributed by atoms with Crippen molar-refractivity contribution in [2.24, 2.45) is 11.8 Å². The van der Waals surface area contributed by atoms with Crippen molar-refractivity contribution in [3.8, 4) is 11.8 Å². The predicted molar refractivity (Wildman–Crippen MR) is 208 cm³/mol. The van der Waals surface area contributed by atoms with Crippen molar-refractivity contribution in [1.82, 2.24) is 30.3 Å². The first kappa shape index (κ1) is 40.6. The summed E-state index contributed by atoms with van der Waals surface area (Å²) in [7, 11) is 0. The van der Waals surface area contributed by atoms with Crippen LogP contribution in [-0.4, -0.2) is 112 Å². The van der Waals surface area contributed by atoms with Gasteiger partial charge in [0.25, 0.3) is 11.8 Å². The summed E-state index contributed by atoms with van der Waals surface area (Å²) in [6.45, 7) is 5.84. The number of rotatable bonds is 9. The molecule has 3 aromatic rings. The van der Waals surface area contributed by atoms with Gasteiger partial charge >= 0.3 is 6.18 Å². The number of amides is 5. The number of nitrogens with zero attached hydrogens (tertiary/aromatic N) is 8. The molecular formula is C41H43F3N10O6. The molecular weight excluding hydrogens is 786 g/mol. The SMILES string of the molecule is N#Cc1ncc(O[C@H]2CC[C@H](C(=O)Nc3ccc(N4CCC(CN5CCN(c6ccc7c(c6)C(=O)N(C6CCC(=O)NC6=O)C7=O)CC5)CC4)nn3)CC2)cc1C(F)(F)F. The molecule has 5 amide bonds. The normalized spacial score (nSPS) is 23.0. The molecule has 4 aliphatic heterocycles. The Hall–Kier alpha value is -6.16. The molecule has 2 N–H and O–H groups in total. The Kier molecular flexibility index (Phi) is 11.4. The van der Waals surface area contributed by atoms with Crippen LogP contribution >= 0.6 is 0 Å². The maximum atomic E-state index is 13.3. The Morgan fingerprint density at radius 3 is 2.27 bits per heavy atom. The molecule has 0 bridgehead atoms. The van der Waals surface area contributed by atoms with Gasteiger partial charge in [-0.05, 0) is 87.3 Å². The molecule has 1 unspecified atom stereocenters. The Labute approximate surface area is 343 Å². The minimum atomic E-state index is -4.73. The van der Waals surface area contributed by atoms with Gasteiger partial charge in [-0.2, -0.15) is 18.4 Å². The fraction of sp³-hybridized carbons (Fsp3) is 0.488. The largest absolute Gasteiger partial charge is 0.489 e. The van der Waals surface area contributed by atoms with Crippen LogP contribution in [0.15, 0.2) is 42.6 Å². The van der Waals surface area contributed by atoms with Crippen molar-refractivity contribution in [2.45, 2.75) is 69.7 Å². The van der Waals surface area contributed by atoms with Crippen LogP contribution in [0.3, 0.4) is 0 Å². The molecule has 8 rings (SSSR count). The highest BCUT2D eigenvalue weighted by molar-refractivity contribution is 6.23. The number of piperidine rings is 2. The zero-order valence-electron chi connectivity index (χ0n) is 32.6. The minimum Gasteiger partial charge on any atom is -0.489 e. The maximum Gasteiger partial charge on any atom is 0.419 e. The van der Waals surface area contributed by atoms with Crippen molar-refractivity contribution in [3.63, 3.8) is 0 Å². The summed E-state index contributed by atoms with van der Waals surface area (Å²) in [5.74, 6) is -1.05. The third kappa shape index (κ3) is 8.60. The number of piperazine rings is 1. The van der Waals surface area contributed by atoms with E-state index in [2.05, 4.69) is 40.5 Å². The van der Waals surface area contributed by atoms with Gasteiger partial charge in [-0.15, -0.1) is 10.2 Å². The molecule has 1 saturated carbocycles. The molecule has 6 heterocycles. The van der Waals surface area contributed by atoms with E-state index >= 15 is 0 Å². The fourth-order valence-corrected chi connectivity index (χ4v) is 8.79. The molecule has 314 valence electrons. The first-order valence-corrected chi connectivity index (χ1v) is 20.2. The number of aromatic nitrogens is 3. The maximum absolute atomic E-state index is 13.3. The summed E-state index contributed by atoms with van der Waals surface area (Å²) in [5, 5.41) is 22.7.